The van der Waals surface area contributed by atoms with Crippen molar-refractivity contribution in [3.63, 3.8) is 0 Å². The smallest absolute Gasteiger partial charge is 0.247 e. The van der Waals surface area contributed by atoms with Crippen LogP contribution in [0.2, 0.25) is 0 Å². The number of aryl methyl sites for hydroxylation is 1. The van der Waals surface area contributed by atoms with Crippen LogP contribution in [0.1, 0.15) is 18.4 Å². The molecule has 0 amide bonds. The van der Waals surface area contributed by atoms with Crippen LogP contribution >= 0.6 is 0 Å². The van der Waals surface area contributed by atoms with Gasteiger partial charge in [0.05, 0.1) is 23.6 Å². The number of aliphatic imine (C=N–C) groups is 1. The van der Waals surface area contributed by atoms with Crippen LogP contribution in [-0.4, -0.2) is 32.3 Å². The van der Waals surface area contributed by atoms with Crippen LogP contribution in [0.25, 0.3) is 33.3 Å². The lowest BCUT2D eigenvalue weighted by Crippen LogP contribution is -2.13. The molecule has 3 aromatic heterocycles. The minimum Gasteiger partial charge on any atom is -0.328 e. The fourth-order valence-electron chi connectivity index (χ4n) is 3.78. The van der Waals surface area contributed by atoms with Crippen molar-refractivity contribution in [1.82, 2.24) is 19.5 Å². The number of hydrogen-bond acceptors (Lipinski definition) is 4. The molecule has 6 heteroatoms. The lowest BCUT2D eigenvalue weighted by atomic mass is 10.0. The van der Waals surface area contributed by atoms with Crippen molar-refractivity contribution in [2.75, 3.05) is 6.54 Å². The van der Waals surface area contributed by atoms with Crippen molar-refractivity contribution in [1.29, 1.82) is 0 Å². The molecule has 1 aromatic carbocycles. The number of H-pyrrole nitrogens is 1. The molecule has 0 bridgehead atoms. The van der Waals surface area contributed by atoms with E-state index in [9.17, 15) is 4.79 Å². The highest BCUT2D eigenvalue weighted by atomic mass is 16.1. The predicted molar refractivity (Wildman–Crippen MR) is 111 cm³/mol. The molecule has 5 rings (SSSR count). The van der Waals surface area contributed by atoms with Crippen molar-refractivity contribution in [2.45, 2.75) is 19.9 Å². The molecular weight excluding hydrogens is 350 g/mol. The summed E-state index contributed by atoms with van der Waals surface area (Å²) in [7, 11) is 0. The van der Waals surface area contributed by atoms with Crippen LogP contribution in [0.4, 0.5) is 0 Å². The quantitative estimate of drug-likeness (QED) is 0.601. The highest BCUT2D eigenvalue weighted by Crippen LogP contribution is 2.32. The second-order valence-electron chi connectivity index (χ2n) is 6.84. The number of benzene rings is 1. The Hall–Kier alpha value is -3.54. The average molecular weight is 369 g/mol. The van der Waals surface area contributed by atoms with Crippen molar-refractivity contribution < 1.29 is 0 Å². The molecule has 0 atom stereocenters. The van der Waals surface area contributed by atoms with E-state index in [-0.39, 0.29) is 5.56 Å². The molecule has 0 unspecified atom stereocenters. The van der Waals surface area contributed by atoms with Crippen molar-refractivity contribution in [3.8, 4) is 22.5 Å². The van der Waals surface area contributed by atoms with E-state index in [0.29, 0.717) is 0 Å². The Bertz CT molecular complexity index is 1260. The van der Waals surface area contributed by atoms with Crippen LogP contribution in [0, 0.1) is 0 Å². The van der Waals surface area contributed by atoms with Gasteiger partial charge in [-0.05, 0) is 17.5 Å². The van der Waals surface area contributed by atoms with Gasteiger partial charge in [-0.2, -0.15) is 0 Å². The van der Waals surface area contributed by atoms with Gasteiger partial charge in [-0.3, -0.25) is 14.8 Å². The van der Waals surface area contributed by atoms with E-state index < -0.39 is 0 Å². The van der Waals surface area contributed by atoms with Gasteiger partial charge in [0, 0.05) is 54.2 Å². The lowest BCUT2D eigenvalue weighted by molar-refractivity contribution is 0.652. The average Bonchev–Trinajstić information content (AvgIpc) is 3.12. The third-order valence-electron chi connectivity index (χ3n) is 5.17. The summed E-state index contributed by atoms with van der Waals surface area (Å²) in [5.41, 5.74) is 4.68. The molecule has 0 saturated heterocycles. The first-order valence-electron chi connectivity index (χ1n) is 9.42. The maximum absolute atomic E-state index is 11.3. The Kier molecular flexibility index (Phi) is 3.90. The Labute approximate surface area is 161 Å². The van der Waals surface area contributed by atoms with Crippen LogP contribution < -0.4 is 5.56 Å². The number of pyridine rings is 2. The molecule has 0 saturated carbocycles. The Morgan fingerprint density at radius 1 is 1.21 bits per heavy atom. The SMILES string of the molecule is CCc1nc(-c2cccc3cc(-c4ccc(=O)[nH]c4)ncc23)c2n1CCN=C2. The minimum absolute atomic E-state index is 0.121. The van der Waals surface area contributed by atoms with Crippen molar-refractivity contribution in [2.24, 2.45) is 4.99 Å². The molecule has 1 N–H and O–H groups in total. The van der Waals surface area contributed by atoms with E-state index in [1.165, 1.54) is 6.07 Å². The molecule has 4 aromatic rings. The van der Waals surface area contributed by atoms with Gasteiger partial charge in [-0.1, -0.05) is 25.1 Å². The lowest BCUT2D eigenvalue weighted by Gasteiger charge is -2.12. The zero-order chi connectivity index (χ0) is 19.1. The van der Waals surface area contributed by atoms with Gasteiger partial charge < -0.3 is 9.55 Å². The summed E-state index contributed by atoms with van der Waals surface area (Å²) in [6.45, 7) is 3.81. The molecule has 1 aliphatic heterocycles. The third kappa shape index (κ3) is 2.65. The normalized spacial score (nSPS) is 13.0. The number of hydrogen-bond donors (Lipinski definition) is 1. The van der Waals surface area contributed by atoms with Crippen molar-refractivity contribution >= 4 is 17.0 Å². The van der Waals surface area contributed by atoms with E-state index in [0.717, 1.165) is 64.3 Å². The van der Waals surface area contributed by atoms with Gasteiger partial charge in [-0.25, -0.2) is 4.98 Å². The first kappa shape index (κ1) is 16.6. The molecule has 0 radical (unpaired) electrons. The van der Waals surface area contributed by atoms with Crippen LogP contribution in [-0.2, 0) is 13.0 Å². The maximum Gasteiger partial charge on any atom is 0.247 e. The first-order valence-corrected chi connectivity index (χ1v) is 9.42. The van der Waals surface area contributed by atoms with E-state index >= 15 is 0 Å². The van der Waals surface area contributed by atoms with Gasteiger partial charge in [0.25, 0.3) is 0 Å². The molecule has 4 heterocycles. The highest BCUT2D eigenvalue weighted by molar-refractivity contribution is 6.00. The molecule has 0 aliphatic carbocycles. The predicted octanol–water partition coefficient (Wildman–Crippen LogP) is 3.45. The van der Waals surface area contributed by atoms with Crippen LogP contribution in [0.5, 0.6) is 0 Å². The number of nitrogens with one attached hydrogen (secondary N) is 1. The molecule has 1 aliphatic rings. The summed E-state index contributed by atoms with van der Waals surface area (Å²) in [4.78, 5) is 28.0. The Morgan fingerprint density at radius 2 is 2.14 bits per heavy atom. The Morgan fingerprint density at radius 3 is 2.96 bits per heavy atom. The number of aromatic amines is 1. The van der Waals surface area contributed by atoms with Gasteiger partial charge in [0.1, 0.15) is 5.82 Å². The first-order chi connectivity index (χ1) is 13.7. The molecule has 6 nitrogen and oxygen atoms in total. The third-order valence-corrected chi connectivity index (χ3v) is 5.17. The molecule has 0 spiro atoms. The monoisotopic (exact) mass is 369 g/mol. The second-order valence-corrected chi connectivity index (χ2v) is 6.84. The van der Waals surface area contributed by atoms with Gasteiger partial charge in [0.2, 0.25) is 5.56 Å². The number of fused-ring (bicyclic) bond motifs is 2. The largest absolute Gasteiger partial charge is 0.328 e. The Balaban J connectivity index is 1.68. The zero-order valence-electron chi connectivity index (χ0n) is 15.5. The van der Waals surface area contributed by atoms with Crippen LogP contribution in [0.3, 0.4) is 0 Å². The number of nitrogens with zero attached hydrogens (tertiary/aromatic N) is 4. The van der Waals surface area contributed by atoms with E-state index in [2.05, 4.69) is 38.6 Å². The standard InChI is InChI=1S/C22H19N5O/c1-2-20-26-22(19-13-23-8-9-27(19)20)16-5-3-4-14-10-18(24-12-17(14)16)15-6-7-21(28)25-11-15/h3-7,10-13H,2,8-9H2,1H3,(H,25,28). The summed E-state index contributed by atoms with van der Waals surface area (Å²) in [6.07, 6.45) is 6.41. The summed E-state index contributed by atoms with van der Waals surface area (Å²) in [5, 5.41) is 2.14. The number of imidazole rings is 1. The molecule has 28 heavy (non-hydrogen) atoms. The summed E-state index contributed by atoms with van der Waals surface area (Å²) in [5.74, 6) is 1.09. The number of rotatable bonds is 3. The zero-order valence-corrected chi connectivity index (χ0v) is 15.5. The second kappa shape index (κ2) is 6.56. The maximum atomic E-state index is 11.3. The summed E-state index contributed by atoms with van der Waals surface area (Å²) in [6, 6.07) is 11.6. The van der Waals surface area contributed by atoms with E-state index in [4.69, 9.17) is 4.98 Å². The fraction of sp³-hybridized carbons (Fsp3) is 0.182. The molecule has 0 fully saturated rings. The molecule has 138 valence electrons. The molecular formula is C22H19N5O. The van der Waals surface area contributed by atoms with E-state index in [1.807, 2.05) is 24.5 Å². The van der Waals surface area contributed by atoms with Gasteiger partial charge in [0.15, 0.2) is 0 Å². The summed E-state index contributed by atoms with van der Waals surface area (Å²) >= 11 is 0. The van der Waals surface area contributed by atoms with Crippen LogP contribution in [0.15, 0.2) is 58.6 Å². The fourth-order valence-corrected chi connectivity index (χ4v) is 3.78. The van der Waals surface area contributed by atoms with Crippen molar-refractivity contribution in [3.05, 3.63) is 70.7 Å². The minimum atomic E-state index is -0.121. The van der Waals surface area contributed by atoms with E-state index in [1.54, 1.807) is 12.3 Å². The number of aromatic nitrogens is 4. The topological polar surface area (TPSA) is 75.9 Å². The van der Waals surface area contributed by atoms with Gasteiger partial charge in [-0.15, -0.1) is 0 Å². The van der Waals surface area contributed by atoms with Gasteiger partial charge >= 0.3 is 0 Å². The summed E-state index contributed by atoms with van der Waals surface area (Å²) < 4.78 is 2.27. The highest BCUT2D eigenvalue weighted by Gasteiger charge is 2.19.